The highest BCUT2D eigenvalue weighted by Crippen LogP contribution is 2.13. The van der Waals surface area contributed by atoms with Crippen molar-refractivity contribution < 1.29 is 9.53 Å². The average molecular weight is 296 g/mol. The molecule has 2 aromatic heterocycles. The molecule has 2 heterocycles. The first kappa shape index (κ1) is 14.4. The first-order valence-electron chi connectivity index (χ1n) is 6.06. The van der Waals surface area contributed by atoms with Crippen LogP contribution in [0.3, 0.4) is 0 Å². The maximum absolute atomic E-state index is 11.9. The Morgan fingerprint density at radius 3 is 3.15 bits per heavy atom. The largest absolute Gasteiger partial charge is 0.385 e. The van der Waals surface area contributed by atoms with Crippen LogP contribution in [-0.4, -0.2) is 39.4 Å². The molecule has 0 aliphatic rings. The third kappa shape index (κ3) is 3.75. The average Bonchev–Trinajstić information content (AvgIpc) is 3.05. The third-order valence-corrected chi connectivity index (χ3v) is 3.42. The number of nitrogens with zero attached hydrogens (tertiary/aromatic N) is 4. The lowest BCUT2D eigenvalue weighted by atomic mass is 10.4. The molecular formula is C11H16N6O2S. The van der Waals surface area contributed by atoms with E-state index in [4.69, 9.17) is 10.5 Å². The van der Waals surface area contributed by atoms with Crippen LogP contribution in [0.15, 0.2) is 12.5 Å². The topological polar surface area (TPSA) is 108 Å². The summed E-state index contributed by atoms with van der Waals surface area (Å²) in [6.07, 6.45) is 3.96. The van der Waals surface area contributed by atoms with Crippen molar-refractivity contribution >= 4 is 22.4 Å². The van der Waals surface area contributed by atoms with Gasteiger partial charge in [-0.05, 0) is 6.42 Å². The first-order chi connectivity index (χ1) is 9.70. The maximum Gasteiger partial charge on any atom is 0.263 e. The lowest BCUT2D eigenvalue weighted by Gasteiger charge is -2.06. The Morgan fingerprint density at radius 1 is 1.60 bits per heavy atom. The van der Waals surface area contributed by atoms with Gasteiger partial charge in [0, 0.05) is 20.3 Å². The molecule has 0 saturated carbocycles. The molecule has 0 aliphatic heterocycles. The number of nitrogens with two attached hydrogens (primary N) is 1. The summed E-state index contributed by atoms with van der Waals surface area (Å²) in [7, 11) is 1.66. The Hall–Kier alpha value is -2.00. The van der Waals surface area contributed by atoms with Crippen LogP contribution >= 0.6 is 11.3 Å². The van der Waals surface area contributed by atoms with Crippen LogP contribution in [0.4, 0.5) is 5.13 Å². The van der Waals surface area contributed by atoms with Crippen LogP contribution in [0.25, 0.3) is 0 Å². The highest BCUT2D eigenvalue weighted by Gasteiger charge is 2.11. The SMILES string of the molecule is COCCCn1cnnc1CNC(=O)c1cnc(N)s1. The highest BCUT2D eigenvalue weighted by molar-refractivity contribution is 7.17. The second kappa shape index (κ2) is 6.96. The van der Waals surface area contributed by atoms with E-state index >= 15 is 0 Å². The molecule has 8 nitrogen and oxygen atoms in total. The number of aromatic nitrogens is 4. The molecule has 0 unspecified atom stereocenters. The first-order valence-corrected chi connectivity index (χ1v) is 6.87. The van der Waals surface area contributed by atoms with Gasteiger partial charge in [0.1, 0.15) is 11.2 Å². The number of carbonyl (C=O) groups is 1. The molecule has 0 aliphatic carbocycles. The molecule has 2 rings (SSSR count). The van der Waals surface area contributed by atoms with Crippen molar-refractivity contribution in [1.82, 2.24) is 25.1 Å². The van der Waals surface area contributed by atoms with Crippen molar-refractivity contribution in [2.24, 2.45) is 0 Å². The van der Waals surface area contributed by atoms with Gasteiger partial charge in [0.15, 0.2) is 11.0 Å². The van der Waals surface area contributed by atoms with Crippen molar-refractivity contribution in [2.75, 3.05) is 19.5 Å². The number of rotatable bonds is 7. The van der Waals surface area contributed by atoms with Crippen LogP contribution in [0.2, 0.25) is 0 Å². The van der Waals surface area contributed by atoms with E-state index in [1.54, 1.807) is 13.4 Å². The number of carbonyl (C=O) groups excluding carboxylic acids is 1. The van der Waals surface area contributed by atoms with Crippen LogP contribution < -0.4 is 11.1 Å². The third-order valence-electron chi connectivity index (χ3n) is 2.60. The zero-order valence-electron chi connectivity index (χ0n) is 11.1. The Labute approximate surface area is 120 Å². The summed E-state index contributed by atoms with van der Waals surface area (Å²) in [6.45, 7) is 1.73. The van der Waals surface area contributed by atoms with Crippen molar-refractivity contribution in [1.29, 1.82) is 0 Å². The van der Waals surface area contributed by atoms with Crippen molar-refractivity contribution in [3.05, 3.63) is 23.2 Å². The number of hydrogen-bond acceptors (Lipinski definition) is 7. The predicted molar refractivity (Wildman–Crippen MR) is 74.2 cm³/mol. The van der Waals surface area contributed by atoms with Gasteiger partial charge in [-0.25, -0.2) is 4.98 Å². The molecular weight excluding hydrogens is 280 g/mol. The van der Waals surface area contributed by atoms with Gasteiger partial charge in [-0.3, -0.25) is 4.79 Å². The number of thiazole rings is 1. The molecule has 3 N–H and O–H groups in total. The van der Waals surface area contributed by atoms with Gasteiger partial charge in [-0.2, -0.15) is 0 Å². The molecule has 0 spiro atoms. The molecule has 0 radical (unpaired) electrons. The Bertz CT molecular complexity index is 567. The van der Waals surface area contributed by atoms with Gasteiger partial charge in [0.05, 0.1) is 12.7 Å². The van der Waals surface area contributed by atoms with Crippen LogP contribution in [-0.2, 0) is 17.8 Å². The minimum atomic E-state index is -0.217. The van der Waals surface area contributed by atoms with E-state index in [-0.39, 0.29) is 5.91 Å². The quantitative estimate of drug-likeness (QED) is 0.711. The van der Waals surface area contributed by atoms with Gasteiger partial charge in [0.25, 0.3) is 5.91 Å². The van der Waals surface area contributed by atoms with E-state index in [2.05, 4.69) is 20.5 Å². The minimum absolute atomic E-state index is 0.217. The van der Waals surface area contributed by atoms with Gasteiger partial charge in [-0.1, -0.05) is 11.3 Å². The zero-order chi connectivity index (χ0) is 14.4. The summed E-state index contributed by atoms with van der Waals surface area (Å²) in [5.74, 6) is 0.484. The lowest BCUT2D eigenvalue weighted by Crippen LogP contribution is -2.24. The molecule has 20 heavy (non-hydrogen) atoms. The summed E-state index contributed by atoms with van der Waals surface area (Å²) >= 11 is 1.15. The van der Waals surface area contributed by atoms with E-state index in [1.165, 1.54) is 6.20 Å². The smallest absolute Gasteiger partial charge is 0.263 e. The Kier molecular flexibility index (Phi) is 5.02. The second-order valence-electron chi connectivity index (χ2n) is 4.03. The van der Waals surface area contributed by atoms with E-state index in [0.717, 1.165) is 24.3 Å². The Balaban J connectivity index is 1.87. The number of aryl methyl sites for hydroxylation is 1. The maximum atomic E-state index is 11.9. The number of methoxy groups -OCH3 is 1. The molecule has 0 atom stereocenters. The van der Waals surface area contributed by atoms with E-state index in [9.17, 15) is 4.79 Å². The number of nitrogens with one attached hydrogen (secondary N) is 1. The minimum Gasteiger partial charge on any atom is -0.385 e. The summed E-state index contributed by atoms with van der Waals surface area (Å²) in [4.78, 5) is 16.2. The van der Waals surface area contributed by atoms with Crippen molar-refractivity contribution in [2.45, 2.75) is 19.5 Å². The van der Waals surface area contributed by atoms with E-state index in [0.29, 0.717) is 29.0 Å². The van der Waals surface area contributed by atoms with Crippen molar-refractivity contribution in [3.63, 3.8) is 0 Å². The molecule has 1 amide bonds. The van der Waals surface area contributed by atoms with Crippen LogP contribution in [0.1, 0.15) is 21.9 Å². The number of anilines is 1. The van der Waals surface area contributed by atoms with Gasteiger partial charge < -0.3 is 20.4 Å². The van der Waals surface area contributed by atoms with Crippen molar-refractivity contribution in [3.8, 4) is 0 Å². The fourth-order valence-electron chi connectivity index (χ4n) is 1.62. The van der Waals surface area contributed by atoms with E-state index in [1.807, 2.05) is 4.57 Å². The summed E-state index contributed by atoms with van der Waals surface area (Å²) in [5, 5.41) is 11.0. The van der Waals surface area contributed by atoms with Gasteiger partial charge in [0.2, 0.25) is 0 Å². The molecule has 0 saturated heterocycles. The molecule has 0 fully saturated rings. The normalized spacial score (nSPS) is 10.7. The number of nitrogen functional groups attached to an aromatic ring is 1. The van der Waals surface area contributed by atoms with Crippen LogP contribution in [0, 0.1) is 0 Å². The number of amides is 1. The predicted octanol–water partition coefficient (Wildman–Crippen LogP) is 0.283. The molecule has 0 aromatic carbocycles. The lowest BCUT2D eigenvalue weighted by molar-refractivity contribution is 0.0953. The molecule has 2 aromatic rings. The Morgan fingerprint density at radius 2 is 2.45 bits per heavy atom. The monoisotopic (exact) mass is 296 g/mol. The molecule has 108 valence electrons. The molecule has 0 bridgehead atoms. The number of hydrogen-bond donors (Lipinski definition) is 2. The fourth-order valence-corrected chi connectivity index (χ4v) is 2.22. The summed E-state index contributed by atoms with van der Waals surface area (Å²) in [6, 6.07) is 0. The zero-order valence-corrected chi connectivity index (χ0v) is 11.9. The van der Waals surface area contributed by atoms with Gasteiger partial charge in [-0.15, -0.1) is 10.2 Å². The molecule has 9 heteroatoms. The highest BCUT2D eigenvalue weighted by atomic mass is 32.1. The van der Waals surface area contributed by atoms with Crippen LogP contribution in [0.5, 0.6) is 0 Å². The summed E-state index contributed by atoms with van der Waals surface area (Å²) in [5.41, 5.74) is 5.49. The second-order valence-corrected chi connectivity index (χ2v) is 5.09. The van der Waals surface area contributed by atoms with E-state index < -0.39 is 0 Å². The fraction of sp³-hybridized carbons (Fsp3) is 0.455. The van der Waals surface area contributed by atoms with Gasteiger partial charge >= 0.3 is 0 Å². The summed E-state index contributed by atoms with van der Waals surface area (Å²) < 4.78 is 6.89. The number of ether oxygens (including phenoxy) is 1. The standard InChI is InChI=1S/C11H16N6O2S/c1-19-4-2-3-17-7-15-16-9(17)6-13-10(18)8-5-14-11(12)20-8/h5,7H,2-4,6H2,1H3,(H2,12,14)(H,13,18).